The van der Waals surface area contributed by atoms with E-state index in [1.54, 1.807) is 38.5 Å². The molecule has 1 N–H and O–H groups in total. The van der Waals surface area contributed by atoms with E-state index in [1.165, 1.54) is 4.90 Å². The Labute approximate surface area is 210 Å². The first-order valence-electron chi connectivity index (χ1n) is 11.5. The number of carbonyl (C=O) groups excluding carboxylic acids is 2. The monoisotopic (exact) mass is 484 g/mol. The van der Waals surface area contributed by atoms with Gasteiger partial charge >= 0.3 is 0 Å². The number of benzene rings is 3. The van der Waals surface area contributed by atoms with Crippen LogP contribution in [0.1, 0.15) is 17.3 Å². The highest BCUT2D eigenvalue weighted by molar-refractivity contribution is 5.99. The average Bonchev–Trinajstić information content (AvgIpc) is 3.35. The molecule has 0 radical (unpaired) electrons. The number of methoxy groups -OCH3 is 2. The summed E-state index contributed by atoms with van der Waals surface area (Å²) in [6, 6.07) is 24.0. The maximum absolute atomic E-state index is 13.1. The lowest BCUT2D eigenvalue weighted by Crippen LogP contribution is -2.38. The second-order valence-corrected chi connectivity index (χ2v) is 7.98. The normalized spacial score (nSPS) is 10.5. The fourth-order valence-electron chi connectivity index (χ4n) is 3.76. The maximum Gasteiger partial charge on any atom is 0.254 e. The van der Waals surface area contributed by atoms with Crippen LogP contribution in [0.15, 0.2) is 85.1 Å². The summed E-state index contributed by atoms with van der Waals surface area (Å²) in [5.74, 6) is 1.09. The average molecular weight is 485 g/mol. The summed E-state index contributed by atoms with van der Waals surface area (Å²) in [5, 5.41) is 2.89. The topological polar surface area (TPSA) is 85.7 Å². The number of nitrogens with one attached hydrogen (secondary N) is 1. The third kappa shape index (κ3) is 5.55. The van der Waals surface area contributed by atoms with Crippen molar-refractivity contribution in [1.82, 2.24) is 14.5 Å². The van der Waals surface area contributed by atoms with Crippen molar-refractivity contribution in [3.8, 4) is 28.4 Å². The Hall–Kier alpha value is -4.59. The van der Waals surface area contributed by atoms with Crippen LogP contribution in [0.4, 0.5) is 5.95 Å². The van der Waals surface area contributed by atoms with E-state index in [-0.39, 0.29) is 18.4 Å². The standard InChI is InChI=1S/C28H28N4O4/c1-4-31(27(34)21-9-8-12-24(17-21)36-3)19-26(33)30-28-29-25(20-13-15-23(35-2)16-14-20)18-32(28)22-10-6-5-7-11-22/h5-18H,4,19H2,1-3H3,(H,29,30,33). The van der Waals surface area contributed by atoms with Gasteiger partial charge in [0.15, 0.2) is 0 Å². The minimum Gasteiger partial charge on any atom is -0.497 e. The first-order chi connectivity index (χ1) is 17.5. The van der Waals surface area contributed by atoms with Crippen LogP contribution in [-0.4, -0.2) is 53.6 Å². The number of imidazole rings is 1. The molecular formula is C28H28N4O4. The summed E-state index contributed by atoms with van der Waals surface area (Å²) >= 11 is 0. The molecule has 4 rings (SSSR count). The highest BCUT2D eigenvalue weighted by Crippen LogP contribution is 2.26. The number of nitrogens with zero attached hydrogens (tertiary/aromatic N) is 3. The van der Waals surface area contributed by atoms with E-state index < -0.39 is 0 Å². The molecule has 0 saturated heterocycles. The zero-order chi connectivity index (χ0) is 25.5. The van der Waals surface area contributed by atoms with Crippen molar-refractivity contribution in [2.45, 2.75) is 6.92 Å². The van der Waals surface area contributed by atoms with Crippen LogP contribution in [-0.2, 0) is 4.79 Å². The van der Waals surface area contributed by atoms with Crippen molar-refractivity contribution in [2.24, 2.45) is 0 Å². The van der Waals surface area contributed by atoms with Gasteiger partial charge in [-0.05, 0) is 61.5 Å². The number of amides is 2. The van der Waals surface area contributed by atoms with E-state index in [4.69, 9.17) is 9.47 Å². The van der Waals surface area contributed by atoms with Gasteiger partial charge in [0.2, 0.25) is 11.9 Å². The Morgan fingerprint density at radius 2 is 1.64 bits per heavy atom. The summed E-state index contributed by atoms with van der Waals surface area (Å²) < 4.78 is 12.3. The summed E-state index contributed by atoms with van der Waals surface area (Å²) in [7, 11) is 3.16. The predicted octanol–water partition coefficient (Wildman–Crippen LogP) is 4.66. The number of hydrogen-bond acceptors (Lipinski definition) is 5. The SMILES string of the molecule is CCN(CC(=O)Nc1nc(-c2ccc(OC)cc2)cn1-c1ccccc1)C(=O)c1cccc(OC)c1. The molecular weight excluding hydrogens is 456 g/mol. The molecule has 8 nitrogen and oxygen atoms in total. The quantitative estimate of drug-likeness (QED) is 0.374. The first kappa shape index (κ1) is 24.5. The number of hydrogen-bond donors (Lipinski definition) is 1. The van der Waals surface area contributed by atoms with Crippen LogP contribution in [0.3, 0.4) is 0 Å². The zero-order valence-corrected chi connectivity index (χ0v) is 20.5. The Kier molecular flexibility index (Phi) is 7.65. The fourth-order valence-corrected chi connectivity index (χ4v) is 3.76. The second kappa shape index (κ2) is 11.2. The minimum absolute atomic E-state index is 0.119. The molecule has 4 aromatic rings. The van der Waals surface area contributed by atoms with Crippen LogP contribution in [0, 0.1) is 0 Å². The van der Waals surface area contributed by atoms with Gasteiger partial charge in [0.05, 0.1) is 19.9 Å². The van der Waals surface area contributed by atoms with Crippen molar-refractivity contribution in [3.63, 3.8) is 0 Å². The molecule has 1 aromatic heterocycles. The van der Waals surface area contributed by atoms with Crippen LogP contribution < -0.4 is 14.8 Å². The minimum atomic E-state index is -0.350. The van der Waals surface area contributed by atoms with Crippen molar-refractivity contribution < 1.29 is 19.1 Å². The number of anilines is 1. The van der Waals surface area contributed by atoms with E-state index in [0.717, 1.165) is 17.0 Å². The Balaban J connectivity index is 1.57. The molecule has 0 spiro atoms. The number of ether oxygens (including phenoxy) is 2. The second-order valence-electron chi connectivity index (χ2n) is 7.98. The Bertz CT molecular complexity index is 1330. The largest absolute Gasteiger partial charge is 0.497 e. The van der Waals surface area contributed by atoms with Gasteiger partial charge < -0.3 is 14.4 Å². The van der Waals surface area contributed by atoms with Gasteiger partial charge in [0, 0.05) is 29.6 Å². The van der Waals surface area contributed by atoms with Gasteiger partial charge in [-0.25, -0.2) is 4.98 Å². The maximum atomic E-state index is 13.1. The fraction of sp³-hybridized carbons (Fsp3) is 0.179. The van der Waals surface area contributed by atoms with Gasteiger partial charge in [-0.2, -0.15) is 0 Å². The van der Waals surface area contributed by atoms with Crippen molar-refractivity contribution in [1.29, 1.82) is 0 Å². The number of para-hydroxylation sites is 1. The Morgan fingerprint density at radius 1 is 0.917 bits per heavy atom. The van der Waals surface area contributed by atoms with Crippen LogP contribution >= 0.6 is 0 Å². The molecule has 36 heavy (non-hydrogen) atoms. The summed E-state index contributed by atoms with van der Waals surface area (Å²) in [5.41, 5.74) is 2.87. The van der Waals surface area contributed by atoms with Crippen molar-refractivity contribution in [3.05, 3.63) is 90.6 Å². The molecule has 2 amide bonds. The van der Waals surface area contributed by atoms with Crippen molar-refractivity contribution in [2.75, 3.05) is 32.6 Å². The van der Waals surface area contributed by atoms with E-state index in [0.29, 0.717) is 29.5 Å². The first-order valence-corrected chi connectivity index (χ1v) is 11.5. The molecule has 184 valence electrons. The summed E-state index contributed by atoms with van der Waals surface area (Å²) in [6.07, 6.45) is 1.87. The molecule has 0 saturated carbocycles. The predicted molar refractivity (Wildman–Crippen MR) is 139 cm³/mol. The molecule has 0 bridgehead atoms. The smallest absolute Gasteiger partial charge is 0.254 e. The molecule has 0 aliphatic carbocycles. The molecule has 0 atom stereocenters. The lowest BCUT2D eigenvalue weighted by atomic mass is 10.1. The molecule has 0 aliphatic rings. The van der Waals surface area contributed by atoms with Gasteiger partial charge in [-0.3, -0.25) is 19.5 Å². The van der Waals surface area contributed by atoms with Gasteiger partial charge in [0.25, 0.3) is 5.91 Å². The lowest BCUT2D eigenvalue weighted by molar-refractivity contribution is -0.116. The third-order valence-electron chi connectivity index (χ3n) is 5.70. The summed E-state index contributed by atoms with van der Waals surface area (Å²) in [6.45, 7) is 2.08. The van der Waals surface area contributed by atoms with Crippen LogP contribution in [0.25, 0.3) is 16.9 Å². The molecule has 0 aliphatic heterocycles. The third-order valence-corrected chi connectivity index (χ3v) is 5.70. The van der Waals surface area contributed by atoms with E-state index >= 15 is 0 Å². The molecule has 8 heteroatoms. The van der Waals surface area contributed by atoms with E-state index in [2.05, 4.69) is 10.3 Å². The number of rotatable bonds is 9. The van der Waals surface area contributed by atoms with Crippen LogP contribution in [0.2, 0.25) is 0 Å². The summed E-state index contributed by atoms with van der Waals surface area (Å²) in [4.78, 5) is 32.2. The highest BCUT2D eigenvalue weighted by atomic mass is 16.5. The molecule has 0 fully saturated rings. The van der Waals surface area contributed by atoms with Gasteiger partial charge in [0.1, 0.15) is 18.0 Å². The molecule has 3 aromatic carbocycles. The zero-order valence-electron chi connectivity index (χ0n) is 20.5. The van der Waals surface area contributed by atoms with Gasteiger partial charge in [-0.1, -0.05) is 24.3 Å². The Morgan fingerprint density at radius 3 is 2.31 bits per heavy atom. The lowest BCUT2D eigenvalue weighted by Gasteiger charge is -2.20. The van der Waals surface area contributed by atoms with Crippen LogP contribution in [0.5, 0.6) is 11.5 Å². The number of aromatic nitrogens is 2. The number of likely N-dealkylation sites (N-methyl/N-ethyl adjacent to an activating group) is 1. The van der Waals surface area contributed by atoms with E-state index in [1.807, 2.05) is 72.3 Å². The number of carbonyl (C=O) groups is 2. The van der Waals surface area contributed by atoms with E-state index in [9.17, 15) is 9.59 Å². The molecule has 0 unspecified atom stereocenters. The van der Waals surface area contributed by atoms with Gasteiger partial charge in [-0.15, -0.1) is 0 Å². The van der Waals surface area contributed by atoms with Crippen molar-refractivity contribution >= 4 is 17.8 Å². The highest BCUT2D eigenvalue weighted by Gasteiger charge is 2.20. The molecule has 1 heterocycles.